The predicted molar refractivity (Wildman–Crippen MR) is 115 cm³/mol. The summed E-state index contributed by atoms with van der Waals surface area (Å²) in [6.07, 6.45) is 4.47. The Bertz CT molecular complexity index is 1220. The highest BCUT2D eigenvalue weighted by molar-refractivity contribution is 5.98. The SMILES string of the molecule is CCCCC(=O)c1c[nH]c2ccc(Cc3ccc4ccccc4c3)cc2c1=O. The summed E-state index contributed by atoms with van der Waals surface area (Å²) < 4.78 is 0. The fraction of sp³-hybridized carbons (Fsp3) is 0.200. The molecule has 0 radical (unpaired) electrons. The van der Waals surface area contributed by atoms with E-state index >= 15 is 0 Å². The highest BCUT2D eigenvalue weighted by Crippen LogP contribution is 2.20. The third kappa shape index (κ3) is 3.61. The molecule has 1 aromatic heterocycles. The van der Waals surface area contributed by atoms with Gasteiger partial charge >= 0.3 is 0 Å². The smallest absolute Gasteiger partial charge is 0.200 e. The second kappa shape index (κ2) is 7.81. The molecule has 4 aromatic rings. The number of hydrogen-bond acceptors (Lipinski definition) is 2. The molecule has 0 amide bonds. The van der Waals surface area contributed by atoms with Crippen LogP contribution in [0.15, 0.2) is 71.7 Å². The van der Waals surface area contributed by atoms with Crippen LogP contribution in [0.2, 0.25) is 0 Å². The molecule has 0 spiro atoms. The number of carbonyl (C=O) groups excluding carboxylic acids is 1. The van der Waals surface area contributed by atoms with Crippen molar-refractivity contribution in [1.82, 2.24) is 4.98 Å². The zero-order valence-electron chi connectivity index (χ0n) is 16.0. The Morgan fingerprint density at radius 2 is 1.68 bits per heavy atom. The quantitative estimate of drug-likeness (QED) is 0.447. The lowest BCUT2D eigenvalue weighted by atomic mass is 9.99. The van der Waals surface area contributed by atoms with Crippen LogP contribution in [-0.2, 0) is 6.42 Å². The molecule has 3 aromatic carbocycles. The van der Waals surface area contributed by atoms with E-state index in [1.54, 1.807) is 6.20 Å². The van der Waals surface area contributed by atoms with Crippen molar-refractivity contribution in [3.8, 4) is 0 Å². The molecule has 3 nitrogen and oxygen atoms in total. The van der Waals surface area contributed by atoms with Gasteiger partial charge in [0, 0.05) is 23.5 Å². The monoisotopic (exact) mass is 369 g/mol. The van der Waals surface area contributed by atoms with Gasteiger partial charge in [-0.25, -0.2) is 0 Å². The minimum absolute atomic E-state index is 0.0788. The average Bonchev–Trinajstić information content (AvgIpc) is 2.72. The highest BCUT2D eigenvalue weighted by Gasteiger charge is 2.13. The molecule has 0 saturated heterocycles. The number of unbranched alkanes of at least 4 members (excludes halogenated alkanes) is 1. The number of pyridine rings is 1. The third-order valence-corrected chi connectivity index (χ3v) is 5.23. The molecule has 0 saturated carbocycles. The van der Waals surface area contributed by atoms with Crippen molar-refractivity contribution in [2.45, 2.75) is 32.6 Å². The van der Waals surface area contributed by atoms with Crippen LogP contribution in [0, 0.1) is 0 Å². The molecular weight excluding hydrogens is 346 g/mol. The Labute approximate surface area is 164 Å². The van der Waals surface area contributed by atoms with Gasteiger partial charge in [0.15, 0.2) is 11.2 Å². The molecule has 0 aliphatic rings. The fourth-order valence-corrected chi connectivity index (χ4v) is 3.64. The topological polar surface area (TPSA) is 49.9 Å². The van der Waals surface area contributed by atoms with Crippen LogP contribution in [0.4, 0.5) is 0 Å². The Balaban J connectivity index is 1.68. The van der Waals surface area contributed by atoms with Gasteiger partial charge in [0.25, 0.3) is 0 Å². The largest absolute Gasteiger partial charge is 0.360 e. The van der Waals surface area contributed by atoms with Crippen LogP contribution in [0.1, 0.15) is 47.7 Å². The van der Waals surface area contributed by atoms with Crippen molar-refractivity contribution in [3.63, 3.8) is 0 Å². The summed E-state index contributed by atoms with van der Waals surface area (Å²) in [6, 6.07) is 20.6. The number of aromatic amines is 1. The molecule has 140 valence electrons. The summed E-state index contributed by atoms with van der Waals surface area (Å²) in [4.78, 5) is 28.3. The second-order valence-electron chi connectivity index (χ2n) is 7.30. The summed E-state index contributed by atoms with van der Waals surface area (Å²) in [5.41, 5.74) is 3.12. The number of aromatic nitrogens is 1. The minimum atomic E-state index is -0.171. The second-order valence-corrected chi connectivity index (χ2v) is 7.30. The van der Waals surface area contributed by atoms with Crippen LogP contribution in [0.25, 0.3) is 21.7 Å². The zero-order chi connectivity index (χ0) is 19.5. The Morgan fingerprint density at radius 3 is 2.50 bits per heavy atom. The first-order valence-electron chi connectivity index (χ1n) is 9.81. The van der Waals surface area contributed by atoms with Crippen LogP contribution in [-0.4, -0.2) is 10.8 Å². The first-order chi connectivity index (χ1) is 13.7. The summed E-state index contributed by atoms with van der Waals surface area (Å²) >= 11 is 0. The lowest BCUT2D eigenvalue weighted by Crippen LogP contribution is -2.16. The first kappa shape index (κ1) is 18.2. The summed E-state index contributed by atoms with van der Waals surface area (Å²) in [5.74, 6) is -0.0788. The molecule has 4 rings (SSSR count). The lowest BCUT2D eigenvalue weighted by molar-refractivity contribution is 0.0978. The number of nitrogens with one attached hydrogen (secondary N) is 1. The Kier molecular flexibility index (Phi) is 5.07. The minimum Gasteiger partial charge on any atom is -0.360 e. The summed E-state index contributed by atoms with van der Waals surface area (Å²) in [6.45, 7) is 2.04. The van der Waals surface area contributed by atoms with Gasteiger partial charge in [0.1, 0.15) is 0 Å². The van der Waals surface area contributed by atoms with E-state index < -0.39 is 0 Å². The highest BCUT2D eigenvalue weighted by atomic mass is 16.1. The molecule has 1 N–H and O–H groups in total. The maximum absolute atomic E-state index is 12.9. The Hall–Kier alpha value is -3.20. The molecule has 1 heterocycles. The molecule has 0 bridgehead atoms. The van der Waals surface area contributed by atoms with Gasteiger partial charge in [-0.3, -0.25) is 9.59 Å². The number of ketones is 1. The normalized spacial score (nSPS) is 11.2. The van der Waals surface area contributed by atoms with E-state index in [1.807, 2.05) is 37.3 Å². The van der Waals surface area contributed by atoms with E-state index in [0.717, 1.165) is 30.3 Å². The van der Waals surface area contributed by atoms with Gasteiger partial charge in [-0.05, 0) is 46.9 Å². The van der Waals surface area contributed by atoms with E-state index in [9.17, 15) is 9.59 Å². The molecule has 0 unspecified atom stereocenters. The number of carbonyl (C=O) groups is 1. The summed E-state index contributed by atoms with van der Waals surface area (Å²) in [7, 11) is 0. The average molecular weight is 369 g/mol. The zero-order valence-corrected chi connectivity index (χ0v) is 16.0. The molecule has 3 heteroatoms. The number of H-pyrrole nitrogens is 1. The van der Waals surface area contributed by atoms with Gasteiger partial charge in [-0.2, -0.15) is 0 Å². The maximum atomic E-state index is 12.9. The number of benzene rings is 3. The number of hydrogen-bond donors (Lipinski definition) is 1. The van der Waals surface area contributed by atoms with Crippen LogP contribution >= 0.6 is 0 Å². The van der Waals surface area contributed by atoms with Gasteiger partial charge in [0.2, 0.25) is 0 Å². The molecule has 0 fully saturated rings. The van der Waals surface area contributed by atoms with Gasteiger partial charge < -0.3 is 4.98 Å². The lowest BCUT2D eigenvalue weighted by Gasteiger charge is -2.07. The van der Waals surface area contributed by atoms with E-state index in [4.69, 9.17) is 0 Å². The number of rotatable bonds is 6. The third-order valence-electron chi connectivity index (χ3n) is 5.23. The molecular formula is C25H23NO2. The van der Waals surface area contributed by atoms with Gasteiger partial charge in [0.05, 0.1) is 5.56 Å². The van der Waals surface area contributed by atoms with Gasteiger partial charge in [-0.15, -0.1) is 0 Å². The van der Waals surface area contributed by atoms with Gasteiger partial charge in [-0.1, -0.05) is 61.9 Å². The van der Waals surface area contributed by atoms with Crippen molar-refractivity contribution < 1.29 is 4.79 Å². The molecule has 0 aliphatic heterocycles. The molecule has 0 atom stereocenters. The van der Waals surface area contributed by atoms with E-state index in [0.29, 0.717) is 11.8 Å². The maximum Gasteiger partial charge on any atom is 0.200 e. The van der Waals surface area contributed by atoms with E-state index in [2.05, 4.69) is 35.3 Å². The van der Waals surface area contributed by atoms with Crippen LogP contribution < -0.4 is 5.43 Å². The summed E-state index contributed by atoms with van der Waals surface area (Å²) in [5, 5.41) is 3.01. The van der Waals surface area contributed by atoms with Crippen LogP contribution in [0.3, 0.4) is 0 Å². The molecule has 28 heavy (non-hydrogen) atoms. The van der Waals surface area contributed by atoms with Crippen molar-refractivity contribution in [3.05, 3.63) is 93.8 Å². The molecule has 0 aliphatic carbocycles. The van der Waals surface area contributed by atoms with Crippen molar-refractivity contribution in [1.29, 1.82) is 0 Å². The first-order valence-corrected chi connectivity index (χ1v) is 9.81. The van der Waals surface area contributed by atoms with E-state index in [-0.39, 0.29) is 16.8 Å². The van der Waals surface area contributed by atoms with Crippen molar-refractivity contribution in [2.75, 3.05) is 0 Å². The van der Waals surface area contributed by atoms with Crippen LogP contribution in [0.5, 0.6) is 0 Å². The van der Waals surface area contributed by atoms with Crippen molar-refractivity contribution in [2.24, 2.45) is 0 Å². The Morgan fingerprint density at radius 1 is 0.929 bits per heavy atom. The van der Waals surface area contributed by atoms with Crippen molar-refractivity contribution >= 4 is 27.5 Å². The fourth-order valence-electron chi connectivity index (χ4n) is 3.64. The van der Waals surface area contributed by atoms with E-state index in [1.165, 1.54) is 16.3 Å². The standard InChI is InChI=1S/C25H23NO2/c1-2-3-8-24(27)22-16-26-23-12-10-18(15-21(23)25(22)28)13-17-9-11-19-6-4-5-7-20(19)14-17/h4-7,9-12,14-16H,2-3,8,13H2,1H3,(H,26,28). The number of Topliss-reactive ketones (excluding diaryl/α,β-unsaturated/α-hetero) is 1. The predicted octanol–water partition coefficient (Wildman–Crippen LogP) is 5.65. The number of fused-ring (bicyclic) bond motifs is 2.